The minimum absolute atomic E-state index is 0.174. The van der Waals surface area contributed by atoms with Crippen LogP contribution in [0.25, 0.3) is 0 Å². The number of urea groups is 1. The smallest absolute Gasteiger partial charge is 0.335 e. The third-order valence-corrected chi connectivity index (χ3v) is 7.61. The van der Waals surface area contributed by atoms with Gasteiger partial charge in [-0.25, -0.2) is 9.69 Å². The molecule has 1 N–H and O–H groups in total. The van der Waals surface area contributed by atoms with Gasteiger partial charge in [-0.05, 0) is 36.2 Å². The number of thioether (sulfide) groups is 1. The average molecular weight is 462 g/mol. The van der Waals surface area contributed by atoms with Crippen molar-refractivity contribution in [1.29, 1.82) is 0 Å². The van der Waals surface area contributed by atoms with Crippen molar-refractivity contribution >= 4 is 64.2 Å². The van der Waals surface area contributed by atoms with Crippen molar-refractivity contribution in [3.63, 3.8) is 0 Å². The molecule has 0 aromatic heterocycles. The first-order valence-corrected chi connectivity index (χ1v) is 11.4. The molecule has 9 heteroatoms. The molecule has 154 valence electrons. The maximum absolute atomic E-state index is 14.0. The molecule has 2 aromatic rings. The van der Waals surface area contributed by atoms with E-state index in [1.54, 1.807) is 17.8 Å². The second-order valence-electron chi connectivity index (χ2n) is 7.56. The topological polar surface area (TPSA) is 69.7 Å². The highest BCUT2D eigenvalue weighted by Gasteiger charge is 2.62. The summed E-state index contributed by atoms with van der Waals surface area (Å²) in [6, 6.07) is 11.2. The molecule has 4 amide bonds. The zero-order chi connectivity index (χ0) is 21.0. The number of halogens is 2. The van der Waals surface area contributed by atoms with Crippen LogP contribution in [0.5, 0.6) is 0 Å². The summed E-state index contributed by atoms with van der Waals surface area (Å²) < 4.78 is 0. The summed E-state index contributed by atoms with van der Waals surface area (Å²) in [7, 11) is 0. The molecule has 2 aromatic carbocycles. The average Bonchev–Trinajstić information content (AvgIpc) is 2.74. The van der Waals surface area contributed by atoms with Crippen LogP contribution in [-0.4, -0.2) is 41.9 Å². The van der Waals surface area contributed by atoms with Crippen LogP contribution in [0.1, 0.15) is 5.56 Å². The fourth-order valence-electron chi connectivity index (χ4n) is 4.64. The molecule has 1 spiro atoms. The van der Waals surface area contributed by atoms with E-state index in [9.17, 15) is 14.4 Å². The van der Waals surface area contributed by atoms with Gasteiger partial charge in [-0.15, -0.1) is 0 Å². The summed E-state index contributed by atoms with van der Waals surface area (Å²) >= 11 is 14.1. The number of benzene rings is 2. The molecule has 30 heavy (non-hydrogen) atoms. The predicted octanol–water partition coefficient (Wildman–Crippen LogP) is 3.74. The number of carbonyl (C=O) groups excluding carboxylic acids is 3. The van der Waals surface area contributed by atoms with Crippen molar-refractivity contribution in [2.24, 2.45) is 5.41 Å². The monoisotopic (exact) mass is 461 g/mol. The Bertz CT molecular complexity index is 1090. The highest BCUT2D eigenvalue weighted by atomic mass is 35.5. The lowest BCUT2D eigenvalue weighted by Crippen LogP contribution is -2.73. The number of rotatable bonds is 1. The van der Waals surface area contributed by atoms with Gasteiger partial charge < -0.3 is 4.90 Å². The van der Waals surface area contributed by atoms with E-state index in [4.69, 9.17) is 23.2 Å². The highest BCUT2D eigenvalue weighted by molar-refractivity contribution is 7.99. The molecule has 6 nitrogen and oxygen atoms in total. The molecular formula is C21H17Cl2N3O3S. The lowest BCUT2D eigenvalue weighted by Gasteiger charge is -2.53. The van der Waals surface area contributed by atoms with E-state index in [1.165, 1.54) is 12.1 Å². The minimum atomic E-state index is -1.43. The summed E-state index contributed by atoms with van der Waals surface area (Å²) in [4.78, 5) is 43.1. The Morgan fingerprint density at radius 3 is 2.70 bits per heavy atom. The van der Waals surface area contributed by atoms with Gasteiger partial charge in [0.2, 0.25) is 5.91 Å². The van der Waals surface area contributed by atoms with E-state index in [-0.39, 0.29) is 23.2 Å². The van der Waals surface area contributed by atoms with E-state index in [0.717, 1.165) is 28.4 Å². The molecule has 5 rings (SSSR count). The van der Waals surface area contributed by atoms with E-state index in [0.29, 0.717) is 10.8 Å². The Morgan fingerprint density at radius 2 is 1.87 bits per heavy atom. The van der Waals surface area contributed by atoms with Gasteiger partial charge in [0, 0.05) is 28.8 Å². The molecule has 0 unspecified atom stereocenters. The SMILES string of the molecule is O=C1NC(=O)[C@]2(Cc3ccccc3N3CCSC[C@H]32)C(=O)N1c1cc(Cl)ccc1Cl. The van der Waals surface area contributed by atoms with Crippen molar-refractivity contribution in [3.05, 3.63) is 58.1 Å². The number of imide groups is 2. The molecule has 2 atom stereocenters. The van der Waals surface area contributed by atoms with Gasteiger partial charge in [0.15, 0.2) is 5.41 Å². The molecule has 3 heterocycles. The van der Waals surface area contributed by atoms with Crippen LogP contribution in [0, 0.1) is 5.41 Å². The summed E-state index contributed by atoms with van der Waals surface area (Å²) in [5.41, 5.74) is 0.697. The van der Waals surface area contributed by atoms with Crippen LogP contribution in [-0.2, 0) is 16.0 Å². The second kappa shape index (κ2) is 7.18. The van der Waals surface area contributed by atoms with Crippen LogP contribution in [0.4, 0.5) is 16.2 Å². The molecule has 0 bridgehead atoms. The van der Waals surface area contributed by atoms with Crippen molar-refractivity contribution in [2.75, 3.05) is 27.9 Å². The van der Waals surface area contributed by atoms with Gasteiger partial charge in [0.25, 0.3) is 5.91 Å². The van der Waals surface area contributed by atoms with E-state index in [2.05, 4.69) is 10.2 Å². The predicted molar refractivity (Wildman–Crippen MR) is 119 cm³/mol. The molecular weight excluding hydrogens is 445 g/mol. The number of barbiturate groups is 1. The van der Waals surface area contributed by atoms with Gasteiger partial charge in [-0.2, -0.15) is 11.8 Å². The van der Waals surface area contributed by atoms with Gasteiger partial charge in [-0.3, -0.25) is 14.9 Å². The Balaban J connectivity index is 1.68. The highest BCUT2D eigenvalue weighted by Crippen LogP contribution is 2.47. The first-order chi connectivity index (χ1) is 14.4. The number of carbonyl (C=O) groups is 3. The maximum atomic E-state index is 14.0. The minimum Gasteiger partial charge on any atom is -0.365 e. The number of amides is 4. The van der Waals surface area contributed by atoms with E-state index >= 15 is 0 Å². The molecule has 0 aliphatic carbocycles. The fourth-order valence-corrected chi connectivity index (χ4v) is 6.19. The molecule has 3 aliphatic heterocycles. The van der Waals surface area contributed by atoms with E-state index in [1.807, 2.05) is 24.3 Å². The number of nitrogens with one attached hydrogen (secondary N) is 1. The maximum Gasteiger partial charge on any atom is 0.335 e. The fraction of sp³-hybridized carbons (Fsp3) is 0.286. The van der Waals surface area contributed by atoms with Gasteiger partial charge in [-0.1, -0.05) is 41.4 Å². The van der Waals surface area contributed by atoms with Crippen molar-refractivity contribution in [3.8, 4) is 0 Å². The lowest BCUT2D eigenvalue weighted by atomic mass is 9.69. The molecule has 2 fully saturated rings. The van der Waals surface area contributed by atoms with Gasteiger partial charge in [0.05, 0.1) is 16.8 Å². The number of anilines is 2. The molecule has 3 aliphatic rings. The molecule has 0 radical (unpaired) electrons. The van der Waals surface area contributed by atoms with Crippen molar-refractivity contribution < 1.29 is 14.4 Å². The van der Waals surface area contributed by atoms with Crippen LogP contribution >= 0.6 is 35.0 Å². The standard InChI is InChI=1S/C21H17Cl2N3O3S/c22-13-5-6-14(23)16(9-13)26-19(28)21(18(27)24-20(26)29)10-12-3-1-2-4-15(12)25-7-8-30-11-17(21)25/h1-6,9,17H,7-8,10-11H2,(H,24,27,29)/t17-,21+/m0/s1. The van der Waals surface area contributed by atoms with Crippen molar-refractivity contribution in [2.45, 2.75) is 12.5 Å². The number of hydrogen-bond acceptors (Lipinski definition) is 5. The first kappa shape index (κ1) is 19.7. The normalized spacial score (nSPS) is 25.8. The van der Waals surface area contributed by atoms with Gasteiger partial charge >= 0.3 is 6.03 Å². The van der Waals surface area contributed by atoms with Crippen LogP contribution < -0.4 is 15.1 Å². The number of nitrogens with zero attached hydrogens (tertiary/aromatic N) is 2. The van der Waals surface area contributed by atoms with Crippen LogP contribution in [0.2, 0.25) is 10.0 Å². The zero-order valence-electron chi connectivity index (χ0n) is 15.7. The number of hydrogen-bond donors (Lipinski definition) is 1. The number of para-hydroxylation sites is 1. The molecule has 2 saturated heterocycles. The van der Waals surface area contributed by atoms with Crippen LogP contribution in [0.3, 0.4) is 0 Å². The summed E-state index contributed by atoms with van der Waals surface area (Å²) in [6.07, 6.45) is 0.220. The van der Waals surface area contributed by atoms with E-state index < -0.39 is 23.3 Å². The second-order valence-corrected chi connectivity index (χ2v) is 9.55. The third-order valence-electron chi connectivity index (χ3n) is 6.03. The summed E-state index contributed by atoms with van der Waals surface area (Å²) in [5, 5.41) is 2.96. The summed E-state index contributed by atoms with van der Waals surface area (Å²) in [5.74, 6) is 0.393. The quantitative estimate of drug-likeness (QED) is 0.654. The third kappa shape index (κ3) is 2.76. The first-order valence-electron chi connectivity index (χ1n) is 9.51. The Hall–Kier alpha value is -2.22. The summed E-state index contributed by atoms with van der Waals surface area (Å²) in [6.45, 7) is 0.723. The Labute approximate surface area is 187 Å². The van der Waals surface area contributed by atoms with Crippen LogP contribution in [0.15, 0.2) is 42.5 Å². The largest absolute Gasteiger partial charge is 0.365 e. The Kier molecular flexibility index (Phi) is 4.72. The number of fused-ring (bicyclic) bond motifs is 4. The van der Waals surface area contributed by atoms with Gasteiger partial charge in [0.1, 0.15) is 0 Å². The molecule has 0 saturated carbocycles. The lowest BCUT2D eigenvalue weighted by molar-refractivity contribution is -0.144. The Morgan fingerprint density at radius 1 is 1.07 bits per heavy atom. The van der Waals surface area contributed by atoms with Crippen molar-refractivity contribution in [1.82, 2.24) is 5.32 Å². The zero-order valence-corrected chi connectivity index (χ0v) is 18.1.